The van der Waals surface area contributed by atoms with Crippen LogP contribution in [0.3, 0.4) is 0 Å². The van der Waals surface area contributed by atoms with Crippen LogP contribution in [0.1, 0.15) is 25.7 Å². The van der Waals surface area contributed by atoms with E-state index in [-0.39, 0.29) is 48.1 Å². The van der Waals surface area contributed by atoms with Crippen molar-refractivity contribution in [1.82, 2.24) is 0 Å². The minimum atomic E-state index is 0. The molecule has 0 heterocycles. The number of aliphatic hydroxyl groups is 4. The van der Waals surface area contributed by atoms with Crippen LogP contribution in [0.2, 0.25) is 0 Å². The maximum atomic E-state index is 8.09. The minimum Gasteiger partial charge on any atom is -0.396 e. The fraction of sp³-hybridized carbons (Fsp3) is 1.00. The van der Waals surface area contributed by atoms with Crippen LogP contribution in [0.4, 0.5) is 0 Å². The zero-order valence-corrected chi connectivity index (χ0v) is 9.51. The Hall–Kier alpha value is 0.554. The SMILES string of the molecule is OCCCCO.OCCCCO.[Ti]. The number of hydrogen-bond donors (Lipinski definition) is 4. The van der Waals surface area contributed by atoms with Gasteiger partial charge in [0, 0.05) is 48.1 Å². The van der Waals surface area contributed by atoms with Gasteiger partial charge >= 0.3 is 0 Å². The summed E-state index contributed by atoms with van der Waals surface area (Å²) in [5, 5.41) is 32.3. The molecule has 0 rings (SSSR count). The maximum Gasteiger partial charge on any atom is 0.0431 e. The first kappa shape index (κ1) is 19.2. The van der Waals surface area contributed by atoms with Crippen LogP contribution < -0.4 is 0 Å². The largest absolute Gasteiger partial charge is 0.396 e. The van der Waals surface area contributed by atoms with E-state index in [9.17, 15) is 0 Å². The molecular formula is C8H20O4Ti. The molecule has 0 fully saturated rings. The van der Waals surface area contributed by atoms with Crippen LogP contribution >= 0.6 is 0 Å². The van der Waals surface area contributed by atoms with E-state index in [1.807, 2.05) is 0 Å². The van der Waals surface area contributed by atoms with E-state index in [1.165, 1.54) is 0 Å². The van der Waals surface area contributed by atoms with Gasteiger partial charge in [0.2, 0.25) is 0 Å². The van der Waals surface area contributed by atoms with Crippen LogP contribution in [0.25, 0.3) is 0 Å². The third kappa shape index (κ3) is 32.6. The number of hydrogen-bond acceptors (Lipinski definition) is 4. The molecule has 0 bridgehead atoms. The first-order valence-electron chi connectivity index (χ1n) is 4.26. The molecule has 0 aromatic carbocycles. The third-order valence-electron chi connectivity index (χ3n) is 1.13. The molecule has 0 radical (unpaired) electrons. The van der Waals surface area contributed by atoms with Gasteiger partial charge in [0.25, 0.3) is 0 Å². The van der Waals surface area contributed by atoms with Gasteiger partial charge in [-0.2, -0.15) is 0 Å². The van der Waals surface area contributed by atoms with Crippen molar-refractivity contribution >= 4 is 0 Å². The summed E-state index contributed by atoms with van der Waals surface area (Å²) in [6.45, 7) is 0.780. The standard InChI is InChI=1S/2C4H10O2.Ti/c2*5-3-1-2-4-6;/h2*5-6H,1-4H2;. The molecule has 80 valence electrons. The van der Waals surface area contributed by atoms with Crippen molar-refractivity contribution < 1.29 is 42.1 Å². The van der Waals surface area contributed by atoms with Gasteiger partial charge < -0.3 is 20.4 Å². The van der Waals surface area contributed by atoms with Crippen molar-refractivity contribution in [1.29, 1.82) is 0 Å². The Bertz CT molecular complexity index is 48.1. The topological polar surface area (TPSA) is 80.9 Å². The van der Waals surface area contributed by atoms with Crippen LogP contribution in [0, 0.1) is 0 Å². The van der Waals surface area contributed by atoms with Gasteiger partial charge in [0.1, 0.15) is 0 Å². The fourth-order valence-corrected chi connectivity index (χ4v) is 0.447. The predicted molar refractivity (Wildman–Crippen MR) is 46.8 cm³/mol. The smallest absolute Gasteiger partial charge is 0.0431 e. The van der Waals surface area contributed by atoms with E-state index in [4.69, 9.17) is 20.4 Å². The van der Waals surface area contributed by atoms with E-state index in [0.29, 0.717) is 0 Å². The monoisotopic (exact) mass is 228 g/mol. The molecular weight excluding hydrogens is 208 g/mol. The van der Waals surface area contributed by atoms with E-state index in [0.717, 1.165) is 25.7 Å². The Morgan fingerprint density at radius 3 is 0.692 bits per heavy atom. The second kappa shape index (κ2) is 22.9. The van der Waals surface area contributed by atoms with Gasteiger partial charge in [-0.25, -0.2) is 0 Å². The molecule has 0 aliphatic carbocycles. The summed E-state index contributed by atoms with van der Waals surface area (Å²) in [6.07, 6.45) is 2.88. The molecule has 0 unspecified atom stereocenters. The molecule has 0 aromatic rings. The molecule has 5 heteroatoms. The molecule has 0 aliphatic heterocycles. The Balaban J connectivity index is -0.000000143. The van der Waals surface area contributed by atoms with Crippen molar-refractivity contribution in [3.63, 3.8) is 0 Å². The first-order valence-corrected chi connectivity index (χ1v) is 4.26. The molecule has 0 saturated heterocycles. The number of aliphatic hydroxyl groups excluding tert-OH is 4. The Kier molecular flexibility index (Phi) is 33.8. The molecule has 0 aliphatic rings. The summed E-state index contributed by atoms with van der Waals surface area (Å²) in [4.78, 5) is 0. The Morgan fingerprint density at radius 2 is 0.615 bits per heavy atom. The summed E-state index contributed by atoms with van der Waals surface area (Å²) >= 11 is 0. The van der Waals surface area contributed by atoms with Crippen molar-refractivity contribution in [3.8, 4) is 0 Å². The van der Waals surface area contributed by atoms with E-state index in [1.54, 1.807) is 0 Å². The van der Waals surface area contributed by atoms with Crippen LogP contribution in [0.15, 0.2) is 0 Å². The van der Waals surface area contributed by atoms with Crippen molar-refractivity contribution in [2.75, 3.05) is 26.4 Å². The maximum absolute atomic E-state index is 8.09. The molecule has 0 spiro atoms. The molecule has 0 atom stereocenters. The molecule has 0 saturated carbocycles. The number of rotatable bonds is 6. The molecule has 13 heavy (non-hydrogen) atoms. The first-order chi connectivity index (χ1) is 5.83. The summed E-state index contributed by atoms with van der Waals surface area (Å²) in [5.41, 5.74) is 0. The van der Waals surface area contributed by atoms with Gasteiger partial charge in [0.15, 0.2) is 0 Å². The molecule has 0 amide bonds. The van der Waals surface area contributed by atoms with E-state index < -0.39 is 0 Å². The van der Waals surface area contributed by atoms with Gasteiger partial charge in [0.05, 0.1) is 0 Å². The fourth-order valence-electron chi connectivity index (χ4n) is 0.447. The quantitative estimate of drug-likeness (QED) is 0.365. The zero-order chi connectivity index (χ0) is 9.66. The second-order valence-electron chi connectivity index (χ2n) is 2.31. The molecule has 4 nitrogen and oxygen atoms in total. The average Bonchev–Trinajstić information content (AvgIpc) is 2.12. The Labute approximate surface area is 94.5 Å². The normalized spacial score (nSPS) is 8.31. The molecule has 4 N–H and O–H groups in total. The third-order valence-corrected chi connectivity index (χ3v) is 1.13. The van der Waals surface area contributed by atoms with Crippen molar-refractivity contribution in [2.45, 2.75) is 25.7 Å². The van der Waals surface area contributed by atoms with Crippen molar-refractivity contribution in [2.24, 2.45) is 0 Å². The summed E-state index contributed by atoms with van der Waals surface area (Å²) in [5.74, 6) is 0. The van der Waals surface area contributed by atoms with Gasteiger partial charge in [-0.3, -0.25) is 0 Å². The Morgan fingerprint density at radius 1 is 0.462 bits per heavy atom. The zero-order valence-electron chi connectivity index (χ0n) is 7.95. The van der Waals surface area contributed by atoms with Gasteiger partial charge in [-0.1, -0.05) is 0 Å². The number of unbranched alkanes of at least 4 members (excludes halogenated alkanes) is 2. The summed E-state index contributed by atoms with van der Waals surface area (Å²) in [7, 11) is 0. The van der Waals surface area contributed by atoms with Crippen LogP contribution in [0.5, 0.6) is 0 Å². The second-order valence-corrected chi connectivity index (χ2v) is 2.31. The molecule has 0 aromatic heterocycles. The average molecular weight is 228 g/mol. The van der Waals surface area contributed by atoms with E-state index in [2.05, 4.69) is 0 Å². The van der Waals surface area contributed by atoms with Crippen LogP contribution in [-0.2, 0) is 21.7 Å². The predicted octanol–water partition coefficient (Wildman–Crippen LogP) is -0.500. The van der Waals surface area contributed by atoms with Crippen LogP contribution in [-0.4, -0.2) is 46.9 Å². The van der Waals surface area contributed by atoms with Gasteiger partial charge in [-0.05, 0) is 25.7 Å². The summed E-state index contributed by atoms with van der Waals surface area (Å²) < 4.78 is 0. The van der Waals surface area contributed by atoms with Crippen molar-refractivity contribution in [3.05, 3.63) is 0 Å². The van der Waals surface area contributed by atoms with E-state index >= 15 is 0 Å². The minimum absolute atomic E-state index is 0. The van der Waals surface area contributed by atoms with Gasteiger partial charge in [-0.15, -0.1) is 0 Å². The summed E-state index contributed by atoms with van der Waals surface area (Å²) in [6, 6.07) is 0.